The molecule has 0 N–H and O–H groups in total. The summed E-state index contributed by atoms with van der Waals surface area (Å²) in [4.78, 5) is 0.700. The Morgan fingerprint density at radius 1 is 0.818 bits per heavy atom. The third-order valence-electron chi connectivity index (χ3n) is 1.96. The monoisotopic (exact) mass is 195 g/mol. The first-order valence-electron chi connectivity index (χ1n) is 3.77. The van der Waals surface area contributed by atoms with Crippen LogP contribution in [0.5, 0.6) is 0 Å². The van der Waals surface area contributed by atoms with E-state index in [2.05, 4.69) is 53.4 Å². The number of hydrogen-bond acceptors (Lipinski definition) is 0. The van der Waals surface area contributed by atoms with Gasteiger partial charge in [-0.25, -0.2) is 0 Å². The van der Waals surface area contributed by atoms with E-state index in [-0.39, 0.29) is 0 Å². The Bertz CT molecular complexity index is 209. The molecule has 0 aromatic rings. The summed E-state index contributed by atoms with van der Waals surface area (Å²) >= 11 is 0. The molecule has 0 heterocycles. The zero-order chi connectivity index (χ0) is 8.81. The van der Waals surface area contributed by atoms with Crippen molar-refractivity contribution in [3.05, 3.63) is 24.3 Å². The fourth-order valence-corrected chi connectivity index (χ4v) is 3.67. The van der Waals surface area contributed by atoms with Gasteiger partial charge in [0.1, 0.15) is 0 Å². The van der Waals surface area contributed by atoms with Crippen molar-refractivity contribution in [2.45, 2.75) is 33.9 Å². The predicted molar refractivity (Wildman–Crippen MR) is 51.4 cm³/mol. The summed E-state index contributed by atoms with van der Waals surface area (Å²) < 4.78 is 0. The minimum absolute atomic E-state index is 0.700. The van der Waals surface area contributed by atoms with Gasteiger partial charge in [-0.15, -0.1) is 0 Å². The molecule has 0 unspecified atom stereocenters. The number of allylic oxidation sites excluding steroid dienone is 4. The summed E-state index contributed by atoms with van der Waals surface area (Å²) in [5, 5.41) is 0. The Morgan fingerprint density at radius 3 is 1.36 bits per heavy atom. The molecule has 0 spiro atoms. The summed E-state index contributed by atoms with van der Waals surface area (Å²) in [7, 11) is -2.22. The zero-order valence-corrected chi connectivity index (χ0v) is 9.45. The molecule has 1 aliphatic rings. The molecule has 1 aliphatic carbocycles. The van der Waals surface area contributed by atoms with Gasteiger partial charge in [0.2, 0.25) is 0 Å². The van der Waals surface area contributed by atoms with Gasteiger partial charge in [0.15, 0.2) is 0 Å². The second kappa shape index (κ2) is 1.67. The molecule has 0 aromatic heterocycles. The van der Waals surface area contributed by atoms with Crippen LogP contribution in [0.15, 0.2) is 24.3 Å². The van der Waals surface area contributed by atoms with Crippen molar-refractivity contribution in [3.63, 3.8) is 0 Å². The van der Waals surface area contributed by atoms with Crippen LogP contribution in [-0.2, 0) is 10.7 Å². The Hall–Kier alpha value is -0.000519. The van der Waals surface area contributed by atoms with Gasteiger partial charge >= 0.3 is 69.0 Å². The average Bonchev–Trinajstić information content (AvgIpc) is 2.01. The van der Waals surface area contributed by atoms with Gasteiger partial charge in [0.25, 0.3) is 0 Å². The summed E-state index contributed by atoms with van der Waals surface area (Å²) in [5.41, 5.74) is 0. The quantitative estimate of drug-likeness (QED) is 0.545. The minimum atomic E-state index is -2.22. The molecule has 0 atom stereocenters. The van der Waals surface area contributed by atoms with Crippen molar-refractivity contribution in [2.24, 2.45) is 0 Å². The van der Waals surface area contributed by atoms with Gasteiger partial charge < -0.3 is 0 Å². The first-order chi connectivity index (χ1) is 4.59. The molecule has 0 saturated heterocycles. The van der Waals surface area contributed by atoms with Gasteiger partial charge in [-0.2, -0.15) is 0 Å². The first kappa shape index (κ1) is 9.09. The van der Waals surface area contributed by atoms with Gasteiger partial charge in [0.05, 0.1) is 0 Å². The number of hydrogen-bond donors (Lipinski definition) is 0. The Kier molecular flexibility index (Phi) is 1.38. The second-order valence-corrected chi connectivity index (χ2v) is 22.1. The van der Waals surface area contributed by atoms with E-state index in [1.54, 1.807) is 0 Å². The van der Waals surface area contributed by atoms with Crippen LogP contribution in [0, 0.1) is 0 Å². The standard InChI is InChI=1S/C5H5.5CH3.Mn/c1-2-4-5-3-1;;;;;;/h1-5H;5*1H3;. The summed E-state index contributed by atoms with van der Waals surface area (Å²) in [6.45, 7) is 0. The molecule has 1 heteroatoms. The van der Waals surface area contributed by atoms with Crippen LogP contribution in [0.1, 0.15) is 0 Å². The maximum atomic E-state index is 2.46. The van der Waals surface area contributed by atoms with Gasteiger partial charge in [-0.3, -0.25) is 0 Å². The van der Waals surface area contributed by atoms with Crippen molar-refractivity contribution in [1.82, 2.24) is 0 Å². The third kappa shape index (κ3) is 2.21. The summed E-state index contributed by atoms with van der Waals surface area (Å²) in [6, 6.07) is 0. The van der Waals surface area contributed by atoms with Gasteiger partial charge in [-0.1, -0.05) is 0 Å². The SMILES string of the molecule is [CH3][Mn]([CH3])([CH3])([CH3])([CH3])[CH]1C=CC=C1. The molecule has 0 saturated carbocycles. The zero-order valence-electron chi connectivity index (χ0n) is 8.26. The molecular formula is C10H20Mn. The Balaban J connectivity index is 3.09. The molecule has 0 bridgehead atoms. The molecule has 0 amide bonds. The van der Waals surface area contributed by atoms with Crippen LogP contribution in [0.4, 0.5) is 0 Å². The molecule has 0 aliphatic heterocycles. The topological polar surface area (TPSA) is 0 Å². The van der Waals surface area contributed by atoms with Crippen LogP contribution in [0.25, 0.3) is 0 Å². The molecule has 67 valence electrons. The normalized spacial score (nSPS) is 25.2. The average molecular weight is 195 g/mol. The molecule has 0 fully saturated rings. The number of rotatable bonds is 1. The predicted octanol–water partition coefficient (Wildman–Crippen LogP) is 4.37. The Labute approximate surface area is 69.3 Å². The van der Waals surface area contributed by atoms with Crippen molar-refractivity contribution in [1.29, 1.82) is 0 Å². The molecule has 0 aromatic carbocycles. The van der Waals surface area contributed by atoms with Gasteiger partial charge in [-0.05, 0) is 0 Å². The van der Waals surface area contributed by atoms with Crippen molar-refractivity contribution < 1.29 is 10.7 Å². The van der Waals surface area contributed by atoms with Gasteiger partial charge in [0, 0.05) is 0 Å². The van der Waals surface area contributed by atoms with E-state index in [1.807, 2.05) is 0 Å². The maximum absolute atomic E-state index is 2.46. The van der Waals surface area contributed by atoms with E-state index in [0.717, 1.165) is 0 Å². The van der Waals surface area contributed by atoms with E-state index in [4.69, 9.17) is 0 Å². The molecule has 0 radical (unpaired) electrons. The van der Waals surface area contributed by atoms with Crippen LogP contribution < -0.4 is 0 Å². The fourth-order valence-electron chi connectivity index (χ4n) is 1.13. The van der Waals surface area contributed by atoms with E-state index in [1.165, 1.54) is 0 Å². The van der Waals surface area contributed by atoms with E-state index in [0.29, 0.717) is 4.82 Å². The Morgan fingerprint density at radius 2 is 1.18 bits per heavy atom. The third-order valence-corrected chi connectivity index (χ3v) is 6.35. The first-order valence-corrected chi connectivity index (χ1v) is 10.4. The van der Waals surface area contributed by atoms with Crippen LogP contribution in [-0.4, -0.2) is 0 Å². The molecule has 0 nitrogen and oxygen atoms in total. The molecule has 11 heavy (non-hydrogen) atoms. The molecule has 1 rings (SSSR count). The van der Waals surface area contributed by atoms with Crippen molar-refractivity contribution in [3.8, 4) is 0 Å². The molecular weight excluding hydrogens is 175 g/mol. The van der Waals surface area contributed by atoms with Crippen LogP contribution >= 0.6 is 0 Å². The second-order valence-electron chi connectivity index (χ2n) is 6.08. The van der Waals surface area contributed by atoms with Crippen LogP contribution in [0.3, 0.4) is 0 Å². The van der Waals surface area contributed by atoms with E-state index >= 15 is 0 Å². The van der Waals surface area contributed by atoms with E-state index in [9.17, 15) is 0 Å². The van der Waals surface area contributed by atoms with Crippen molar-refractivity contribution in [2.75, 3.05) is 0 Å². The fraction of sp³-hybridized carbons (Fsp3) is 0.600. The van der Waals surface area contributed by atoms with Crippen LogP contribution in [0.2, 0.25) is 33.9 Å². The summed E-state index contributed by atoms with van der Waals surface area (Å²) in [5.74, 6) is 12.3. The van der Waals surface area contributed by atoms with E-state index < -0.39 is 10.7 Å². The van der Waals surface area contributed by atoms with Crippen molar-refractivity contribution >= 4 is 0 Å². The summed E-state index contributed by atoms with van der Waals surface area (Å²) in [6.07, 6.45) is 9.02.